The van der Waals surface area contributed by atoms with Gasteiger partial charge in [-0.15, -0.1) is 0 Å². The zero-order chi connectivity index (χ0) is 30.3. The van der Waals surface area contributed by atoms with Crippen molar-refractivity contribution >= 4 is 27.0 Å². The summed E-state index contributed by atoms with van der Waals surface area (Å²) >= 11 is 0. The largest absolute Gasteiger partial charge is 0.355 e. The monoisotopic (exact) mass is 600 g/mol. The van der Waals surface area contributed by atoms with Gasteiger partial charge >= 0.3 is 0 Å². The highest BCUT2D eigenvalue weighted by atomic mass is 32.2. The van der Waals surface area contributed by atoms with E-state index in [4.69, 9.17) is 4.98 Å². The fraction of sp³-hybridized carbons (Fsp3) is 0.114. The number of carbonyl (C=O) groups excluding carboxylic acids is 1. The van der Waals surface area contributed by atoms with E-state index in [1.807, 2.05) is 60.8 Å². The minimum Gasteiger partial charge on any atom is -0.355 e. The molecule has 4 aromatic carbocycles. The van der Waals surface area contributed by atoms with Crippen LogP contribution in [0.5, 0.6) is 0 Å². The molecule has 2 aromatic heterocycles. The fourth-order valence-electron chi connectivity index (χ4n) is 5.49. The van der Waals surface area contributed by atoms with Gasteiger partial charge in [0.2, 0.25) is 0 Å². The highest BCUT2D eigenvalue weighted by Gasteiger charge is 2.30. The van der Waals surface area contributed by atoms with Gasteiger partial charge in [0.15, 0.2) is 0 Å². The second-order valence-corrected chi connectivity index (χ2v) is 12.6. The number of rotatable bonds is 8. The Labute approximate surface area is 254 Å². The molecule has 8 nitrogen and oxygen atoms in total. The molecule has 0 atom stereocenters. The number of sulfonamides is 1. The van der Waals surface area contributed by atoms with Crippen LogP contribution in [0.3, 0.4) is 0 Å². The summed E-state index contributed by atoms with van der Waals surface area (Å²) in [4.78, 5) is 34.6. The zero-order valence-corrected chi connectivity index (χ0v) is 24.4. The van der Waals surface area contributed by atoms with Crippen molar-refractivity contribution < 1.29 is 13.2 Å². The zero-order valence-electron chi connectivity index (χ0n) is 23.6. The molecule has 6 aromatic rings. The highest BCUT2D eigenvalue weighted by Crippen LogP contribution is 2.40. The molecule has 0 bridgehead atoms. The third kappa shape index (κ3) is 5.22. The fourth-order valence-corrected chi connectivity index (χ4v) is 6.69. The summed E-state index contributed by atoms with van der Waals surface area (Å²) in [6.07, 6.45) is 3.83. The molecule has 0 saturated heterocycles. The Kier molecular flexibility index (Phi) is 6.94. The van der Waals surface area contributed by atoms with E-state index in [0.29, 0.717) is 28.7 Å². The molecule has 2 N–H and O–H groups in total. The molecule has 44 heavy (non-hydrogen) atoms. The summed E-state index contributed by atoms with van der Waals surface area (Å²) < 4.78 is 30.5. The SMILES string of the molecule is O=C(NS(=O)(=O)c1ccccc1-c1ccc(Cn2c(C3CC3)nc3c(-c4ccccc4)c[nH]c3c2=O)cc1)c1ccccc1. The molecular weight excluding hydrogens is 572 g/mol. The molecule has 1 saturated carbocycles. The summed E-state index contributed by atoms with van der Waals surface area (Å²) in [5, 5.41) is 0. The molecule has 0 radical (unpaired) electrons. The number of hydrogen-bond donors (Lipinski definition) is 2. The van der Waals surface area contributed by atoms with Gasteiger partial charge in [-0.05, 0) is 47.7 Å². The van der Waals surface area contributed by atoms with Crippen molar-refractivity contribution in [2.75, 3.05) is 0 Å². The van der Waals surface area contributed by atoms with Gasteiger partial charge in [-0.25, -0.2) is 18.1 Å². The molecule has 0 spiro atoms. The topological polar surface area (TPSA) is 114 Å². The normalized spacial score (nSPS) is 13.2. The van der Waals surface area contributed by atoms with Crippen LogP contribution in [0.1, 0.15) is 40.5 Å². The van der Waals surface area contributed by atoms with Crippen molar-refractivity contribution in [3.8, 4) is 22.3 Å². The molecule has 0 aliphatic heterocycles. The maximum Gasteiger partial charge on any atom is 0.278 e. The van der Waals surface area contributed by atoms with Gasteiger partial charge in [0.05, 0.1) is 11.4 Å². The lowest BCUT2D eigenvalue weighted by Crippen LogP contribution is -2.30. The Morgan fingerprint density at radius 3 is 2.16 bits per heavy atom. The molecule has 0 unspecified atom stereocenters. The van der Waals surface area contributed by atoms with E-state index in [0.717, 1.165) is 35.4 Å². The van der Waals surface area contributed by atoms with Crippen LogP contribution in [0.4, 0.5) is 0 Å². The maximum atomic E-state index is 13.8. The predicted molar refractivity (Wildman–Crippen MR) is 170 cm³/mol. The summed E-state index contributed by atoms with van der Waals surface area (Å²) in [6.45, 7) is 0.334. The number of fused-ring (bicyclic) bond motifs is 1. The average Bonchev–Trinajstić information content (AvgIpc) is 3.81. The number of amides is 1. The predicted octanol–water partition coefficient (Wildman–Crippen LogP) is 6.10. The average molecular weight is 601 g/mol. The quantitative estimate of drug-likeness (QED) is 0.219. The number of nitrogens with zero attached hydrogens (tertiary/aromatic N) is 2. The molecule has 1 fully saturated rings. The van der Waals surface area contributed by atoms with Crippen LogP contribution in [0.2, 0.25) is 0 Å². The minimum absolute atomic E-state index is 0.000105. The lowest BCUT2D eigenvalue weighted by Gasteiger charge is -2.14. The summed E-state index contributed by atoms with van der Waals surface area (Å²) in [6, 6.07) is 32.1. The molecule has 9 heteroatoms. The van der Waals surface area contributed by atoms with E-state index in [2.05, 4.69) is 9.71 Å². The van der Waals surface area contributed by atoms with E-state index in [1.165, 1.54) is 6.07 Å². The van der Waals surface area contributed by atoms with Crippen molar-refractivity contribution in [2.24, 2.45) is 0 Å². The van der Waals surface area contributed by atoms with Gasteiger partial charge < -0.3 is 4.98 Å². The first kappa shape index (κ1) is 27.5. The number of aromatic nitrogens is 3. The van der Waals surface area contributed by atoms with Gasteiger partial charge in [-0.2, -0.15) is 0 Å². The Hall–Kier alpha value is -5.28. The Bertz CT molecular complexity index is 2170. The van der Waals surface area contributed by atoms with Crippen molar-refractivity contribution in [2.45, 2.75) is 30.2 Å². The smallest absolute Gasteiger partial charge is 0.278 e. The van der Waals surface area contributed by atoms with Crippen LogP contribution in [0, 0.1) is 0 Å². The van der Waals surface area contributed by atoms with Gasteiger partial charge in [0.1, 0.15) is 16.9 Å². The number of carbonyl (C=O) groups is 1. The lowest BCUT2D eigenvalue weighted by atomic mass is 10.0. The van der Waals surface area contributed by atoms with Crippen LogP contribution in [-0.2, 0) is 16.6 Å². The summed E-state index contributed by atoms with van der Waals surface area (Å²) in [5.74, 6) is 0.332. The van der Waals surface area contributed by atoms with E-state index in [9.17, 15) is 18.0 Å². The first-order chi connectivity index (χ1) is 21.4. The Morgan fingerprint density at radius 1 is 0.818 bits per heavy atom. The highest BCUT2D eigenvalue weighted by molar-refractivity contribution is 7.90. The van der Waals surface area contributed by atoms with Crippen LogP contribution < -0.4 is 10.3 Å². The van der Waals surface area contributed by atoms with Crippen molar-refractivity contribution in [1.82, 2.24) is 19.3 Å². The second-order valence-electron chi connectivity index (χ2n) is 10.9. The number of H-pyrrole nitrogens is 1. The molecule has 2 heterocycles. The number of aromatic amines is 1. The van der Waals surface area contributed by atoms with Crippen molar-refractivity contribution in [3.63, 3.8) is 0 Å². The molecule has 1 aliphatic rings. The van der Waals surface area contributed by atoms with Crippen molar-refractivity contribution in [1.29, 1.82) is 0 Å². The van der Waals surface area contributed by atoms with Gasteiger partial charge in [0.25, 0.3) is 21.5 Å². The van der Waals surface area contributed by atoms with Crippen molar-refractivity contribution in [3.05, 3.63) is 143 Å². The summed E-state index contributed by atoms with van der Waals surface area (Å²) in [5.41, 5.74) is 5.22. The second kappa shape index (κ2) is 11.1. The maximum absolute atomic E-state index is 13.8. The van der Waals surface area contributed by atoms with Crippen LogP contribution in [-0.4, -0.2) is 28.9 Å². The van der Waals surface area contributed by atoms with E-state index in [1.54, 1.807) is 53.1 Å². The lowest BCUT2D eigenvalue weighted by molar-refractivity contribution is 0.0981. The molecule has 7 rings (SSSR count). The van der Waals surface area contributed by atoms with Gasteiger partial charge in [0, 0.05) is 28.8 Å². The number of nitrogens with one attached hydrogen (secondary N) is 2. The Morgan fingerprint density at radius 2 is 1.45 bits per heavy atom. The molecule has 218 valence electrons. The molecular formula is C35H28N4O4S. The number of hydrogen-bond acceptors (Lipinski definition) is 5. The van der Waals surface area contributed by atoms with E-state index in [-0.39, 0.29) is 21.9 Å². The standard InChI is InChI=1S/C35H28N4O4S/c40-34(27-11-5-2-6-12-27)38-44(42,43)30-14-8-7-13-28(30)25-17-15-23(16-18-25)22-39-33(26-19-20-26)37-31-29(21-36-32(31)35(39)41)24-9-3-1-4-10-24/h1-18,21,26,36H,19-20,22H2,(H,38,40). The van der Waals surface area contributed by atoms with Gasteiger partial charge in [-0.1, -0.05) is 91.0 Å². The minimum atomic E-state index is -4.15. The van der Waals surface area contributed by atoms with Crippen LogP contribution in [0.15, 0.2) is 125 Å². The van der Waals surface area contributed by atoms with Crippen LogP contribution in [0.25, 0.3) is 33.3 Å². The summed E-state index contributed by atoms with van der Waals surface area (Å²) in [7, 11) is -4.15. The number of benzene rings is 4. The van der Waals surface area contributed by atoms with Gasteiger partial charge in [-0.3, -0.25) is 14.2 Å². The van der Waals surface area contributed by atoms with Crippen LogP contribution >= 0.6 is 0 Å². The third-order valence-corrected chi connectivity index (χ3v) is 9.28. The molecule has 1 aliphatic carbocycles. The first-order valence-corrected chi connectivity index (χ1v) is 15.8. The Balaban J connectivity index is 1.19. The van der Waals surface area contributed by atoms with E-state index >= 15 is 0 Å². The molecule has 1 amide bonds. The third-order valence-electron chi connectivity index (χ3n) is 7.89. The first-order valence-electron chi connectivity index (χ1n) is 14.4. The van der Waals surface area contributed by atoms with E-state index < -0.39 is 15.9 Å².